The first-order valence-electron chi connectivity index (χ1n) is 10.4. The van der Waals surface area contributed by atoms with Crippen LogP contribution in [0.15, 0.2) is 78.9 Å². The van der Waals surface area contributed by atoms with E-state index in [0.29, 0.717) is 12.5 Å². The molecule has 0 saturated carbocycles. The van der Waals surface area contributed by atoms with Gasteiger partial charge in [0.05, 0.1) is 13.2 Å². The number of hydrogen-bond acceptors (Lipinski definition) is 3. The zero-order chi connectivity index (χ0) is 20.5. The van der Waals surface area contributed by atoms with Crippen molar-refractivity contribution in [2.75, 3.05) is 18.5 Å². The lowest BCUT2D eigenvalue weighted by Crippen LogP contribution is -2.22. The SMILES string of the molecule is CC(CNc1ccc(OCCc2ccccc2)cc1)Oc1ccc(C(C)C)cc1. The fourth-order valence-corrected chi connectivity index (χ4v) is 3.07. The van der Waals surface area contributed by atoms with Crippen LogP contribution >= 0.6 is 0 Å². The van der Waals surface area contributed by atoms with Crippen LogP contribution in [0.4, 0.5) is 5.69 Å². The molecule has 0 bridgehead atoms. The summed E-state index contributed by atoms with van der Waals surface area (Å²) in [5.74, 6) is 2.33. The molecule has 0 aliphatic rings. The van der Waals surface area contributed by atoms with Gasteiger partial charge >= 0.3 is 0 Å². The van der Waals surface area contributed by atoms with Gasteiger partial charge in [-0.25, -0.2) is 0 Å². The van der Waals surface area contributed by atoms with Gasteiger partial charge in [0.1, 0.15) is 17.6 Å². The standard InChI is InChI=1S/C26H31NO2/c1-20(2)23-9-13-26(14-10-23)29-21(3)19-27-24-11-15-25(16-12-24)28-18-17-22-7-5-4-6-8-22/h4-16,20-21,27H,17-19H2,1-3H3. The summed E-state index contributed by atoms with van der Waals surface area (Å²) in [6.45, 7) is 7.88. The van der Waals surface area contributed by atoms with Gasteiger partial charge in [-0.3, -0.25) is 0 Å². The monoisotopic (exact) mass is 389 g/mol. The molecular formula is C26H31NO2. The maximum absolute atomic E-state index is 6.00. The van der Waals surface area contributed by atoms with Gasteiger partial charge in [0, 0.05) is 12.1 Å². The Morgan fingerprint density at radius 1 is 0.759 bits per heavy atom. The van der Waals surface area contributed by atoms with Crippen molar-refractivity contribution in [2.24, 2.45) is 0 Å². The fraction of sp³-hybridized carbons (Fsp3) is 0.308. The van der Waals surface area contributed by atoms with E-state index in [1.165, 1.54) is 11.1 Å². The highest BCUT2D eigenvalue weighted by atomic mass is 16.5. The molecule has 0 saturated heterocycles. The summed E-state index contributed by atoms with van der Waals surface area (Å²) < 4.78 is 11.8. The summed E-state index contributed by atoms with van der Waals surface area (Å²) in [5, 5.41) is 3.42. The zero-order valence-corrected chi connectivity index (χ0v) is 17.6. The second kappa shape index (κ2) is 10.6. The van der Waals surface area contributed by atoms with Gasteiger partial charge < -0.3 is 14.8 Å². The van der Waals surface area contributed by atoms with Crippen LogP contribution in [0.3, 0.4) is 0 Å². The molecule has 0 amide bonds. The smallest absolute Gasteiger partial charge is 0.119 e. The predicted octanol–water partition coefficient (Wildman–Crippen LogP) is 6.31. The van der Waals surface area contributed by atoms with Gasteiger partial charge in [-0.05, 0) is 60.4 Å². The number of rotatable bonds is 10. The molecule has 0 fully saturated rings. The molecule has 3 aromatic carbocycles. The van der Waals surface area contributed by atoms with Crippen molar-refractivity contribution in [1.82, 2.24) is 0 Å². The molecule has 0 aliphatic carbocycles. The van der Waals surface area contributed by atoms with Crippen LogP contribution in [0, 0.1) is 0 Å². The van der Waals surface area contributed by atoms with E-state index in [4.69, 9.17) is 9.47 Å². The van der Waals surface area contributed by atoms with E-state index >= 15 is 0 Å². The van der Waals surface area contributed by atoms with Crippen molar-refractivity contribution < 1.29 is 9.47 Å². The van der Waals surface area contributed by atoms with Gasteiger partial charge in [0.2, 0.25) is 0 Å². The normalized spacial score (nSPS) is 11.9. The first-order valence-corrected chi connectivity index (χ1v) is 10.4. The number of ether oxygens (including phenoxy) is 2. The van der Waals surface area contributed by atoms with E-state index < -0.39 is 0 Å². The van der Waals surface area contributed by atoms with Crippen molar-refractivity contribution in [3.63, 3.8) is 0 Å². The minimum atomic E-state index is 0.0710. The fourth-order valence-electron chi connectivity index (χ4n) is 3.07. The second-order valence-corrected chi connectivity index (χ2v) is 7.64. The predicted molar refractivity (Wildman–Crippen MR) is 121 cm³/mol. The van der Waals surface area contributed by atoms with E-state index in [9.17, 15) is 0 Å². The number of hydrogen-bond donors (Lipinski definition) is 1. The molecule has 152 valence electrons. The topological polar surface area (TPSA) is 30.5 Å². The van der Waals surface area contributed by atoms with Crippen LogP contribution in [0.5, 0.6) is 11.5 Å². The van der Waals surface area contributed by atoms with E-state index in [2.05, 4.69) is 62.5 Å². The average molecular weight is 390 g/mol. The lowest BCUT2D eigenvalue weighted by atomic mass is 10.0. The summed E-state index contributed by atoms with van der Waals surface area (Å²) >= 11 is 0. The Kier molecular flexibility index (Phi) is 7.57. The molecular weight excluding hydrogens is 358 g/mol. The Morgan fingerprint density at radius 3 is 2.07 bits per heavy atom. The molecule has 1 atom stereocenters. The summed E-state index contributed by atoms with van der Waals surface area (Å²) in [5.41, 5.74) is 3.68. The maximum Gasteiger partial charge on any atom is 0.119 e. The Labute approximate surface area is 174 Å². The van der Waals surface area contributed by atoms with Gasteiger partial charge in [0.25, 0.3) is 0 Å². The molecule has 0 aromatic heterocycles. The third kappa shape index (κ3) is 6.86. The highest BCUT2D eigenvalue weighted by Crippen LogP contribution is 2.20. The zero-order valence-electron chi connectivity index (χ0n) is 17.6. The Balaban J connectivity index is 1.40. The van der Waals surface area contributed by atoms with Gasteiger partial charge in [0.15, 0.2) is 0 Å². The molecule has 3 aromatic rings. The first kappa shape index (κ1) is 20.8. The maximum atomic E-state index is 6.00. The largest absolute Gasteiger partial charge is 0.493 e. The van der Waals surface area contributed by atoms with Gasteiger partial charge in [-0.2, -0.15) is 0 Å². The highest BCUT2D eigenvalue weighted by molar-refractivity contribution is 5.46. The Bertz CT molecular complexity index is 842. The molecule has 0 spiro atoms. The van der Waals surface area contributed by atoms with Crippen LogP contribution in [-0.2, 0) is 6.42 Å². The van der Waals surface area contributed by atoms with Crippen LogP contribution in [0.25, 0.3) is 0 Å². The van der Waals surface area contributed by atoms with E-state index in [1.807, 2.05) is 42.5 Å². The molecule has 3 rings (SSSR count). The molecule has 29 heavy (non-hydrogen) atoms. The van der Waals surface area contributed by atoms with E-state index in [0.717, 1.165) is 30.2 Å². The molecule has 3 nitrogen and oxygen atoms in total. The van der Waals surface area contributed by atoms with Crippen molar-refractivity contribution in [3.8, 4) is 11.5 Å². The minimum Gasteiger partial charge on any atom is -0.493 e. The lowest BCUT2D eigenvalue weighted by molar-refractivity contribution is 0.234. The average Bonchev–Trinajstić information content (AvgIpc) is 2.74. The van der Waals surface area contributed by atoms with Crippen molar-refractivity contribution in [2.45, 2.75) is 39.2 Å². The van der Waals surface area contributed by atoms with Crippen molar-refractivity contribution in [3.05, 3.63) is 90.0 Å². The molecule has 1 unspecified atom stereocenters. The summed E-state index contributed by atoms with van der Waals surface area (Å²) in [6.07, 6.45) is 0.982. The van der Waals surface area contributed by atoms with Crippen LogP contribution in [0.1, 0.15) is 37.8 Å². The number of benzene rings is 3. The molecule has 3 heteroatoms. The summed E-state index contributed by atoms with van der Waals surface area (Å²) in [6, 6.07) is 26.9. The first-order chi connectivity index (χ1) is 14.1. The third-order valence-electron chi connectivity index (χ3n) is 4.83. The Hall–Kier alpha value is -2.94. The van der Waals surface area contributed by atoms with Crippen LogP contribution in [0.2, 0.25) is 0 Å². The summed E-state index contributed by atoms with van der Waals surface area (Å²) in [4.78, 5) is 0. The third-order valence-corrected chi connectivity index (χ3v) is 4.83. The van der Waals surface area contributed by atoms with Crippen LogP contribution in [-0.4, -0.2) is 19.3 Å². The molecule has 0 aliphatic heterocycles. The quantitative estimate of drug-likeness (QED) is 0.441. The lowest BCUT2D eigenvalue weighted by Gasteiger charge is -2.17. The Morgan fingerprint density at radius 2 is 1.41 bits per heavy atom. The molecule has 1 N–H and O–H groups in total. The van der Waals surface area contributed by atoms with Crippen molar-refractivity contribution in [1.29, 1.82) is 0 Å². The number of nitrogens with one attached hydrogen (secondary N) is 1. The highest BCUT2D eigenvalue weighted by Gasteiger charge is 2.06. The second-order valence-electron chi connectivity index (χ2n) is 7.64. The van der Waals surface area contributed by atoms with E-state index in [-0.39, 0.29) is 6.10 Å². The number of anilines is 1. The van der Waals surface area contributed by atoms with E-state index in [1.54, 1.807) is 0 Å². The molecule has 0 heterocycles. The van der Waals surface area contributed by atoms with Crippen molar-refractivity contribution >= 4 is 5.69 Å². The van der Waals surface area contributed by atoms with Crippen LogP contribution < -0.4 is 14.8 Å². The molecule has 0 radical (unpaired) electrons. The summed E-state index contributed by atoms with van der Waals surface area (Å²) in [7, 11) is 0. The van der Waals surface area contributed by atoms with Gasteiger partial charge in [-0.1, -0.05) is 56.3 Å². The minimum absolute atomic E-state index is 0.0710. The van der Waals surface area contributed by atoms with Gasteiger partial charge in [-0.15, -0.1) is 0 Å².